The van der Waals surface area contributed by atoms with Crippen molar-refractivity contribution in [2.24, 2.45) is 0 Å². The number of hydrogen-bond donors (Lipinski definition) is 0. The van der Waals surface area contributed by atoms with Crippen LogP contribution in [0.2, 0.25) is 0 Å². The Labute approximate surface area is 204 Å². The molecule has 0 bridgehead atoms. The van der Waals surface area contributed by atoms with Crippen LogP contribution in [0.4, 0.5) is 0 Å². The summed E-state index contributed by atoms with van der Waals surface area (Å²) in [7, 11) is 0. The fourth-order valence-electron chi connectivity index (χ4n) is 5.43. The zero-order valence-electron chi connectivity index (χ0n) is 18.8. The van der Waals surface area contributed by atoms with Crippen molar-refractivity contribution in [2.75, 3.05) is 39.6 Å². The highest BCUT2D eigenvalue weighted by molar-refractivity contribution is 4.80. The van der Waals surface area contributed by atoms with Gasteiger partial charge >= 0.3 is 0 Å². The molecule has 0 N–H and O–H groups in total. The molecule has 33 heavy (non-hydrogen) atoms. The zero-order chi connectivity index (χ0) is 20.6. The highest BCUT2D eigenvalue weighted by atomic mass is 16.7. The lowest BCUT2D eigenvalue weighted by atomic mass is 9.97. The van der Waals surface area contributed by atoms with E-state index in [4.69, 9.17) is 28.4 Å². The molecule has 6 heteroatoms. The van der Waals surface area contributed by atoms with Crippen LogP contribution in [0.5, 0.6) is 0 Å². The summed E-state index contributed by atoms with van der Waals surface area (Å²) in [5.41, 5.74) is 0. The van der Waals surface area contributed by atoms with Gasteiger partial charge in [0.05, 0.1) is 39.6 Å². The lowest BCUT2D eigenvalue weighted by Gasteiger charge is -2.39. The van der Waals surface area contributed by atoms with Crippen LogP contribution in [0.15, 0.2) is 0 Å². The number of rotatable bonds is 0. The third kappa shape index (κ3) is 8.73. The second kappa shape index (κ2) is 15.0. The predicted octanol–water partition coefficient (Wildman–Crippen LogP) is 6.99. The van der Waals surface area contributed by atoms with E-state index in [0.29, 0.717) is 0 Å². The summed E-state index contributed by atoms with van der Waals surface area (Å²) in [6.07, 6.45) is 17.7. The van der Waals surface area contributed by atoms with E-state index in [-0.39, 0.29) is 39.6 Å². The summed E-state index contributed by atoms with van der Waals surface area (Å²) in [6.45, 7) is 5.42. The van der Waals surface area contributed by atoms with Gasteiger partial charge in [-0.3, -0.25) is 0 Å². The fourth-order valence-corrected chi connectivity index (χ4v) is 5.43. The van der Waals surface area contributed by atoms with Crippen LogP contribution in [0.25, 0.3) is 0 Å². The molecule has 6 nitrogen and oxygen atoms in total. The Bertz CT molecular complexity index is 436. The third-order valence-corrected chi connectivity index (χ3v) is 7.15. The lowest BCUT2D eigenvalue weighted by molar-refractivity contribution is -0.272. The second-order valence-electron chi connectivity index (χ2n) is 9.50. The van der Waals surface area contributed by atoms with Crippen LogP contribution < -0.4 is 0 Å². The van der Waals surface area contributed by atoms with Crippen LogP contribution in [-0.4, -0.2) is 57.0 Å². The first-order valence-electron chi connectivity index (χ1n) is 12.6. The molecule has 0 radical (unpaired) electrons. The van der Waals surface area contributed by atoms with E-state index in [0.717, 1.165) is 78.2 Å². The molecule has 1 unspecified atom stereocenters. The Kier molecular flexibility index (Phi) is 14.0. The van der Waals surface area contributed by atoms with Gasteiger partial charge in [-0.05, 0) is 57.8 Å². The van der Waals surface area contributed by atoms with Crippen molar-refractivity contribution in [3.8, 4) is 0 Å². The summed E-state index contributed by atoms with van der Waals surface area (Å²) in [4.78, 5) is 0. The number of hydrogen-bond acceptors (Lipinski definition) is 6. The van der Waals surface area contributed by atoms with Crippen LogP contribution >= 0.6 is 0 Å². The minimum atomic E-state index is -0.142. The van der Waals surface area contributed by atoms with Crippen molar-refractivity contribution in [3.05, 3.63) is 0 Å². The summed E-state index contributed by atoms with van der Waals surface area (Å²) < 4.78 is 33.5. The molecule has 198 valence electrons. The van der Waals surface area contributed by atoms with Gasteiger partial charge in [-0.1, -0.05) is 22.3 Å². The van der Waals surface area contributed by atoms with E-state index in [9.17, 15) is 0 Å². The maximum atomic E-state index is 5.68. The minimum absolute atomic E-state index is 0. The van der Waals surface area contributed by atoms with Gasteiger partial charge in [0.2, 0.25) is 0 Å². The third-order valence-electron chi connectivity index (χ3n) is 7.15. The summed E-state index contributed by atoms with van der Waals surface area (Å²) >= 11 is 0. The first-order valence-corrected chi connectivity index (χ1v) is 12.6. The summed E-state index contributed by atoms with van der Waals surface area (Å²) in [5.74, 6) is -0.380. The predicted molar refractivity (Wildman–Crippen MR) is 133 cm³/mol. The second-order valence-corrected chi connectivity index (χ2v) is 9.50. The minimum Gasteiger partial charge on any atom is -0.350 e. The van der Waals surface area contributed by atoms with Crippen molar-refractivity contribution < 1.29 is 28.4 Å². The summed E-state index contributed by atoms with van der Waals surface area (Å²) in [6, 6.07) is 0. The largest absolute Gasteiger partial charge is 0.350 e. The van der Waals surface area contributed by atoms with E-state index in [1.807, 2.05) is 0 Å². The molecule has 6 saturated heterocycles. The molecular weight excluding hydrogens is 420 g/mol. The standard InChI is InChI=1S/C9H16O2.C8H14O2.C7H12O2.3CH4/c1-3-7-10-9(5-1)6-2-4-8-11-9;1-2-6-9-8(4-1)5-3-7-10-8;1-3-7(8-5-1)4-2-6-9-7;;;/h1-8H2;1-7H2;1-6H2;3*1H4. The fraction of sp³-hybridized carbons (Fsp3) is 1.00. The van der Waals surface area contributed by atoms with Gasteiger partial charge in [-0.25, -0.2) is 0 Å². The van der Waals surface area contributed by atoms with Crippen LogP contribution in [-0.2, 0) is 28.4 Å². The molecule has 0 aromatic rings. The Morgan fingerprint density at radius 2 is 0.485 bits per heavy atom. The summed E-state index contributed by atoms with van der Waals surface area (Å²) in [5, 5.41) is 0. The van der Waals surface area contributed by atoms with Gasteiger partial charge in [0.15, 0.2) is 17.4 Å². The average Bonchev–Trinajstić information content (AvgIpc) is 3.56. The molecule has 0 aromatic heterocycles. The SMILES string of the molecule is C.C.C.C1CCC2(CCCCO2)OC1.C1CCC2(CCCO2)OC1.C1COC2(C1)CCCO2. The maximum Gasteiger partial charge on any atom is 0.168 e. The van der Waals surface area contributed by atoms with Crippen molar-refractivity contribution in [2.45, 2.75) is 136 Å². The lowest BCUT2D eigenvalue weighted by Crippen LogP contribution is -2.41. The van der Waals surface area contributed by atoms with Crippen molar-refractivity contribution in [3.63, 3.8) is 0 Å². The first-order chi connectivity index (χ1) is 14.7. The van der Waals surface area contributed by atoms with Gasteiger partial charge < -0.3 is 28.4 Å². The van der Waals surface area contributed by atoms with Gasteiger partial charge in [0.1, 0.15) is 0 Å². The van der Waals surface area contributed by atoms with Gasteiger partial charge in [-0.15, -0.1) is 0 Å². The smallest absolute Gasteiger partial charge is 0.168 e. The first kappa shape index (κ1) is 30.8. The van der Waals surface area contributed by atoms with E-state index < -0.39 is 0 Å². The molecular formula is C27H54O6. The number of ether oxygens (including phenoxy) is 6. The monoisotopic (exact) mass is 474 g/mol. The highest BCUT2D eigenvalue weighted by Crippen LogP contribution is 2.36. The van der Waals surface area contributed by atoms with E-state index >= 15 is 0 Å². The van der Waals surface area contributed by atoms with Crippen LogP contribution in [0, 0.1) is 0 Å². The Morgan fingerprint density at radius 3 is 0.667 bits per heavy atom. The van der Waals surface area contributed by atoms with Crippen LogP contribution in [0.1, 0.15) is 119 Å². The molecule has 6 aliphatic heterocycles. The molecule has 0 amide bonds. The average molecular weight is 475 g/mol. The quantitative estimate of drug-likeness (QED) is 0.377. The van der Waals surface area contributed by atoms with Crippen LogP contribution in [0.3, 0.4) is 0 Å². The normalized spacial score (nSPS) is 31.3. The molecule has 0 aliphatic carbocycles. The molecule has 3 spiro atoms. The van der Waals surface area contributed by atoms with E-state index in [1.54, 1.807) is 0 Å². The van der Waals surface area contributed by atoms with E-state index in [2.05, 4.69) is 0 Å². The molecule has 6 aliphatic rings. The van der Waals surface area contributed by atoms with Gasteiger partial charge in [0, 0.05) is 38.5 Å². The maximum absolute atomic E-state index is 5.68. The van der Waals surface area contributed by atoms with Crippen molar-refractivity contribution >= 4 is 0 Å². The molecule has 6 heterocycles. The van der Waals surface area contributed by atoms with Crippen molar-refractivity contribution in [1.29, 1.82) is 0 Å². The van der Waals surface area contributed by atoms with Gasteiger partial charge in [0.25, 0.3) is 0 Å². The molecule has 0 aromatic carbocycles. The zero-order valence-corrected chi connectivity index (χ0v) is 18.8. The molecule has 1 atom stereocenters. The Hall–Kier alpha value is -0.240. The molecule has 6 fully saturated rings. The molecule has 6 rings (SSSR count). The Balaban J connectivity index is 0.000000238. The topological polar surface area (TPSA) is 55.4 Å². The molecule has 0 saturated carbocycles. The van der Waals surface area contributed by atoms with Crippen molar-refractivity contribution in [1.82, 2.24) is 0 Å². The highest BCUT2D eigenvalue weighted by Gasteiger charge is 2.39. The Morgan fingerprint density at radius 1 is 0.273 bits per heavy atom. The van der Waals surface area contributed by atoms with Gasteiger partial charge in [-0.2, -0.15) is 0 Å². The van der Waals surface area contributed by atoms with E-state index in [1.165, 1.54) is 57.8 Å².